The van der Waals surface area contributed by atoms with Gasteiger partial charge in [-0.2, -0.15) is 0 Å². The Bertz CT molecular complexity index is 883. The summed E-state index contributed by atoms with van der Waals surface area (Å²) in [5.74, 6) is -2.30. The smallest absolute Gasteiger partial charge is 0.369 e. The zero-order valence-electron chi connectivity index (χ0n) is 15.1. The number of nitrogens with zero attached hydrogens (tertiary/aromatic N) is 1. The third kappa shape index (κ3) is 2.61. The number of methoxy groups -OCH3 is 1. The fraction of sp³-hybridized carbons (Fsp3) is 0.350. The molecule has 0 aliphatic carbocycles. The number of likely N-dealkylation sites (tertiary alicyclic amines) is 1. The Labute approximate surface area is 161 Å². The van der Waals surface area contributed by atoms with Crippen molar-refractivity contribution in [2.75, 3.05) is 14.2 Å². The van der Waals surface area contributed by atoms with Crippen LogP contribution in [0.4, 0.5) is 0 Å². The van der Waals surface area contributed by atoms with Gasteiger partial charge in [-0.3, -0.25) is 14.5 Å². The number of carbonyl (C=O) groups excluding carboxylic acids is 3. The van der Waals surface area contributed by atoms with E-state index in [1.807, 2.05) is 53.2 Å². The maximum absolute atomic E-state index is 13.0. The Balaban J connectivity index is 1.85. The molecular formula is C20H21N2O4S+. The molecule has 27 heavy (non-hydrogen) atoms. The summed E-state index contributed by atoms with van der Waals surface area (Å²) in [7, 11) is 2.83. The molecule has 6 nitrogen and oxygen atoms in total. The van der Waals surface area contributed by atoms with Crippen molar-refractivity contribution in [1.82, 2.24) is 4.90 Å². The Kier molecular flexibility index (Phi) is 4.36. The van der Waals surface area contributed by atoms with E-state index in [-0.39, 0.29) is 17.9 Å². The fourth-order valence-corrected chi connectivity index (χ4v) is 5.41. The molecule has 2 fully saturated rings. The molecular weight excluding hydrogens is 364 g/mol. The number of rotatable bonds is 4. The number of amides is 2. The molecule has 2 N–H and O–H groups in total. The van der Waals surface area contributed by atoms with Gasteiger partial charge in [-0.15, -0.1) is 11.3 Å². The second-order valence-electron chi connectivity index (χ2n) is 7.14. The van der Waals surface area contributed by atoms with Crippen LogP contribution in [0.15, 0.2) is 47.8 Å². The molecule has 7 heteroatoms. The first-order valence-corrected chi connectivity index (χ1v) is 9.71. The first-order valence-electron chi connectivity index (χ1n) is 8.83. The summed E-state index contributed by atoms with van der Waals surface area (Å²) < 4.78 is 5.15. The van der Waals surface area contributed by atoms with Gasteiger partial charge < -0.3 is 10.1 Å². The second kappa shape index (κ2) is 6.58. The van der Waals surface area contributed by atoms with E-state index < -0.39 is 23.3 Å². The normalized spacial score (nSPS) is 29.9. The predicted octanol–water partition coefficient (Wildman–Crippen LogP) is 0.752. The zero-order valence-corrected chi connectivity index (χ0v) is 15.9. The molecule has 4 rings (SSSR count). The van der Waals surface area contributed by atoms with Gasteiger partial charge in [-0.1, -0.05) is 36.4 Å². The summed E-state index contributed by atoms with van der Waals surface area (Å²) in [6, 6.07) is 13.2. The monoisotopic (exact) mass is 385 g/mol. The van der Waals surface area contributed by atoms with Crippen molar-refractivity contribution in [3.8, 4) is 0 Å². The van der Waals surface area contributed by atoms with E-state index in [9.17, 15) is 14.4 Å². The lowest BCUT2D eigenvalue weighted by atomic mass is 9.76. The number of quaternary nitrogens is 1. The number of hydrogen-bond acceptors (Lipinski definition) is 5. The molecule has 1 aromatic carbocycles. The van der Waals surface area contributed by atoms with Crippen molar-refractivity contribution in [2.24, 2.45) is 11.8 Å². The highest BCUT2D eigenvalue weighted by Gasteiger charge is 2.72. The Morgan fingerprint density at radius 3 is 2.56 bits per heavy atom. The highest BCUT2D eigenvalue weighted by molar-refractivity contribution is 7.10. The van der Waals surface area contributed by atoms with Crippen LogP contribution in [0, 0.1) is 11.8 Å². The summed E-state index contributed by atoms with van der Waals surface area (Å²) in [6.45, 7) is 0. The van der Waals surface area contributed by atoms with Crippen molar-refractivity contribution in [1.29, 1.82) is 0 Å². The van der Waals surface area contributed by atoms with Gasteiger partial charge in [0, 0.05) is 13.5 Å². The third-order valence-electron chi connectivity index (χ3n) is 5.77. The van der Waals surface area contributed by atoms with Gasteiger partial charge in [0.2, 0.25) is 17.4 Å². The van der Waals surface area contributed by atoms with E-state index in [1.165, 1.54) is 30.4 Å². The molecule has 2 amide bonds. The molecule has 0 saturated carbocycles. The van der Waals surface area contributed by atoms with Crippen molar-refractivity contribution < 1.29 is 24.4 Å². The molecule has 0 unspecified atom stereocenters. The molecule has 140 valence electrons. The minimum atomic E-state index is -1.16. The highest BCUT2D eigenvalue weighted by Crippen LogP contribution is 2.46. The lowest BCUT2D eigenvalue weighted by Crippen LogP contribution is -2.98. The van der Waals surface area contributed by atoms with Crippen molar-refractivity contribution in [2.45, 2.75) is 18.0 Å². The molecule has 3 heterocycles. The van der Waals surface area contributed by atoms with Gasteiger partial charge >= 0.3 is 5.97 Å². The van der Waals surface area contributed by atoms with Gasteiger partial charge in [0.05, 0.1) is 12.0 Å². The Morgan fingerprint density at radius 1 is 1.19 bits per heavy atom. The first-order chi connectivity index (χ1) is 13.0. The SMILES string of the molecule is COC(=O)[C@]1(Cc2ccccc2)[NH2+][C@H](c2cccs2)[C@H]2C(=O)N(C)C(=O)[C@@H]21. The summed E-state index contributed by atoms with van der Waals surface area (Å²) in [6.07, 6.45) is 0.330. The average molecular weight is 385 g/mol. The number of ether oxygens (including phenoxy) is 1. The number of fused-ring (bicyclic) bond motifs is 1. The molecule has 2 aliphatic rings. The molecule has 0 bridgehead atoms. The van der Waals surface area contributed by atoms with Crippen LogP contribution in [-0.2, 0) is 25.5 Å². The van der Waals surface area contributed by atoms with E-state index >= 15 is 0 Å². The molecule has 0 spiro atoms. The van der Waals surface area contributed by atoms with E-state index in [4.69, 9.17) is 4.74 Å². The minimum absolute atomic E-state index is 0.224. The molecule has 0 radical (unpaired) electrons. The number of hydrogen-bond donors (Lipinski definition) is 1. The number of carbonyl (C=O) groups is 3. The van der Waals surface area contributed by atoms with E-state index in [0.29, 0.717) is 6.42 Å². The van der Waals surface area contributed by atoms with Crippen LogP contribution in [-0.4, -0.2) is 42.4 Å². The van der Waals surface area contributed by atoms with E-state index in [1.54, 1.807) is 0 Å². The highest BCUT2D eigenvalue weighted by atomic mass is 32.1. The number of esters is 1. The molecule has 2 aliphatic heterocycles. The summed E-state index contributed by atoms with van der Waals surface area (Å²) in [5.41, 5.74) is -0.230. The van der Waals surface area contributed by atoms with E-state index in [2.05, 4.69) is 0 Å². The molecule has 2 saturated heterocycles. The van der Waals surface area contributed by atoms with E-state index in [0.717, 1.165) is 10.4 Å². The second-order valence-corrected chi connectivity index (χ2v) is 8.12. The number of imide groups is 1. The summed E-state index contributed by atoms with van der Waals surface area (Å²) in [4.78, 5) is 41.1. The van der Waals surface area contributed by atoms with Crippen LogP contribution in [0.5, 0.6) is 0 Å². The van der Waals surface area contributed by atoms with Gasteiger partial charge in [-0.25, -0.2) is 4.79 Å². The van der Waals surface area contributed by atoms with Crippen molar-refractivity contribution >= 4 is 29.1 Å². The van der Waals surface area contributed by atoms with Crippen molar-refractivity contribution in [3.63, 3.8) is 0 Å². The summed E-state index contributed by atoms with van der Waals surface area (Å²) >= 11 is 1.53. The van der Waals surface area contributed by atoms with Crippen LogP contribution in [0.25, 0.3) is 0 Å². The number of nitrogens with two attached hydrogens (primary N) is 1. The molecule has 1 aromatic heterocycles. The van der Waals surface area contributed by atoms with Crippen LogP contribution in [0.2, 0.25) is 0 Å². The fourth-order valence-electron chi connectivity index (χ4n) is 4.57. The predicted molar refractivity (Wildman–Crippen MR) is 98.6 cm³/mol. The summed E-state index contributed by atoms with van der Waals surface area (Å²) in [5, 5.41) is 3.84. The maximum Gasteiger partial charge on any atom is 0.369 e. The standard InChI is InChI=1S/C20H20N2O4S/c1-22-17(23)14-15(18(22)24)20(19(25)26-2,11-12-7-4-3-5-8-12)21-16(14)13-9-6-10-27-13/h3-10,14-16,21H,11H2,1-2H3/p+1/t14-,15+,16+,20+/m0/s1. The largest absolute Gasteiger partial charge is 0.464 e. The zero-order chi connectivity index (χ0) is 19.2. The lowest BCUT2D eigenvalue weighted by Gasteiger charge is -2.28. The number of thiophene rings is 1. The van der Waals surface area contributed by atoms with Gasteiger partial charge in [0.1, 0.15) is 17.9 Å². The van der Waals surface area contributed by atoms with Crippen LogP contribution in [0.1, 0.15) is 16.5 Å². The van der Waals surface area contributed by atoms with Crippen LogP contribution in [0.3, 0.4) is 0 Å². The average Bonchev–Trinajstić information content (AvgIpc) is 3.37. The molecule has 2 aromatic rings. The number of benzene rings is 1. The van der Waals surface area contributed by atoms with Gasteiger partial charge in [0.15, 0.2) is 0 Å². The minimum Gasteiger partial charge on any atom is -0.464 e. The van der Waals surface area contributed by atoms with Crippen molar-refractivity contribution in [3.05, 3.63) is 58.3 Å². The van der Waals surface area contributed by atoms with Crippen LogP contribution >= 0.6 is 11.3 Å². The third-order valence-corrected chi connectivity index (χ3v) is 6.74. The quantitative estimate of drug-likeness (QED) is 0.622. The maximum atomic E-state index is 13.0. The van der Waals surface area contributed by atoms with Gasteiger partial charge in [0.25, 0.3) is 0 Å². The topological polar surface area (TPSA) is 80.3 Å². The Hall–Kier alpha value is -2.51. The Morgan fingerprint density at radius 2 is 1.93 bits per heavy atom. The first kappa shape index (κ1) is 17.9. The van der Waals surface area contributed by atoms with Gasteiger partial charge in [-0.05, 0) is 17.0 Å². The molecule has 4 atom stereocenters. The van der Waals surface area contributed by atoms with Crippen LogP contribution < -0.4 is 5.32 Å². The lowest BCUT2D eigenvalue weighted by molar-refractivity contribution is -0.733.